The van der Waals surface area contributed by atoms with Crippen LogP contribution in [0.5, 0.6) is 0 Å². The highest BCUT2D eigenvalue weighted by atomic mass is 31.3. The lowest BCUT2D eigenvalue weighted by Crippen LogP contribution is -2.14. The summed E-state index contributed by atoms with van der Waals surface area (Å²) in [6.07, 6.45) is 0. The van der Waals surface area contributed by atoms with Crippen molar-refractivity contribution in [2.75, 3.05) is 52.4 Å². The zero-order valence-electron chi connectivity index (χ0n) is 11.3. The lowest BCUT2D eigenvalue weighted by Gasteiger charge is -2.35. The van der Waals surface area contributed by atoms with Crippen LogP contribution in [0.2, 0.25) is 0 Å². The van der Waals surface area contributed by atoms with E-state index in [1.54, 1.807) is 0 Å². The van der Waals surface area contributed by atoms with Gasteiger partial charge in [-0.05, 0) is 0 Å². The monoisotopic (exact) mass is 335 g/mol. The number of nitrogens with zero attached hydrogens (tertiary/aromatic N) is 7. The van der Waals surface area contributed by atoms with E-state index in [0.29, 0.717) is 0 Å². The first-order valence-electron chi connectivity index (χ1n) is 7.05. The van der Waals surface area contributed by atoms with Crippen LogP contribution in [0.4, 0.5) is 0 Å². The molecule has 0 atom stereocenters. The van der Waals surface area contributed by atoms with Gasteiger partial charge in [-0.1, -0.05) is 0 Å². The molecule has 4 saturated heterocycles. The highest BCUT2D eigenvalue weighted by molar-refractivity contribution is 7.83. The Hall–Kier alpha value is 0.450. The number of hydrogen-bond donors (Lipinski definition) is 2. The van der Waals surface area contributed by atoms with Gasteiger partial charge in [0.15, 0.2) is 0 Å². The maximum atomic E-state index is 6.34. The molecule has 5 heterocycles. The zero-order chi connectivity index (χ0) is 13.6. The number of hydrogen-bond acceptors (Lipinski definition) is 9. The predicted octanol–water partition coefficient (Wildman–Crippen LogP) is 1.02. The molecule has 0 aliphatic carbocycles. The van der Waals surface area contributed by atoms with Gasteiger partial charge in [-0.2, -0.15) is 13.5 Å². The van der Waals surface area contributed by atoms with Gasteiger partial charge in [0.2, 0.25) is 22.5 Å². The number of rotatable bonds is 4. The second-order valence-corrected chi connectivity index (χ2v) is 13.8. The molecule has 5 aliphatic heterocycles. The Morgan fingerprint density at radius 1 is 0.550 bits per heavy atom. The van der Waals surface area contributed by atoms with Crippen LogP contribution in [-0.2, 0) is 0 Å². The molecule has 0 aromatic carbocycles. The fourth-order valence-electron chi connectivity index (χ4n) is 2.66. The van der Waals surface area contributed by atoms with Crippen LogP contribution < -0.4 is 11.0 Å². The molecule has 0 saturated carbocycles. The first-order valence-corrected chi connectivity index (χ1v) is 12.1. The summed E-state index contributed by atoms with van der Waals surface area (Å²) in [5.74, 6) is 0. The highest BCUT2D eigenvalue weighted by Crippen LogP contribution is 2.82. The van der Waals surface area contributed by atoms with Crippen molar-refractivity contribution in [1.82, 2.24) is 18.7 Å². The van der Waals surface area contributed by atoms with Gasteiger partial charge >= 0.3 is 0 Å². The van der Waals surface area contributed by atoms with Crippen LogP contribution in [-0.4, -0.2) is 71.0 Å². The Labute approximate surface area is 118 Å². The summed E-state index contributed by atoms with van der Waals surface area (Å²) in [4.78, 5) is 0. The van der Waals surface area contributed by atoms with Crippen LogP contribution in [0.25, 0.3) is 0 Å². The van der Waals surface area contributed by atoms with E-state index in [0.717, 1.165) is 52.4 Å². The lowest BCUT2D eigenvalue weighted by atomic mass is 11.0. The van der Waals surface area contributed by atoms with Crippen LogP contribution in [0.3, 0.4) is 0 Å². The van der Waals surface area contributed by atoms with Crippen LogP contribution in [0.1, 0.15) is 0 Å². The number of nitrogens with two attached hydrogens (primary N) is 2. The summed E-state index contributed by atoms with van der Waals surface area (Å²) in [6.45, 7) is 8.65. The molecule has 0 spiro atoms. The van der Waals surface area contributed by atoms with Crippen molar-refractivity contribution in [3.63, 3.8) is 0 Å². The normalized spacial score (nSPS) is 37.5. The minimum Gasteiger partial charge on any atom is -0.267 e. The molecule has 0 radical (unpaired) electrons. The summed E-state index contributed by atoms with van der Waals surface area (Å²) in [6, 6.07) is 0. The van der Waals surface area contributed by atoms with Crippen molar-refractivity contribution in [3.05, 3.63) is 0 Å². The van der Waals surface area contributed by atoms with Gasteiger partial charge < -0.3 is 0 Å². The Kier molecular flexibility index (Phi) is 2.49. The molecule has 0 unspecified atom stereocenters. The van der Waals surface area contributed by atoms with Crippen molar-refractivity contribution in [1.29, 1.82) is 0 Å². The minimum absolute atomic E-state index is 1.08. The molecule has 4 fully saturated rings. The smallest absolute Gasteiger partial charge is 0.221 e. The van der Waals surface area contributed by atoms with Gasteiger partial charge in [0.25, 0.3) is 0 Å². The van der Waals surface area contributed by atoms with Gasteiger partial charge in [0.1, 0.15) is 0 Å². The van der Waals surface area contributed by atoms with Gasteiger partial charge in [-0.3, -0.25) is 11.0 Å². The van der Waals surface area contributed by atoms with E-state index in [-0.39, 0.29) is 0 Å². The largest absolute Gasteiger partial charge is 0.267 e. The first-order chi connectivity index (χ1) is 9.54. The molecule has 20 heavy (non-hydrogen) atoms. The second kappa shape index (κ2) is 3.85. The molecule has 0 amide bonds. The maximum absolute atomic E-state index is 6.34. The molecule has 9 nitrogen and oxygen atoms in total. The van der Waals surface area contributed by atoms with Crippen molar-refractivity contribution >= 4 is 22.5 Å². The summed E-state index contributed by atoms with van der Waals surface area (Å²) >= 11 is 0. The lowest BCUT2D eigenvalue weighted by molar-refractivity contribution is 0.753. The van der Waals surface area contributed by atoms with E-state index < -0.39 is 22.5 Å². The molecule has 0 aromatic heterocycles. The maximum Gasteiger partial charge on any atom is 0.221 e. The van der Waals surface area contributed by atoms with E-state index in [2.05, 4.69) is 18.7 Å². The summed E-state index contributed by atoms with van der Waals surface area (Å²) in [7, 11) is -6.54. The summed E-state index contributed by atoms with van der Waals surface area (Å²) < 4.78 is 24.6. The van der Waals surface area contributed by atoms with Crippen LogP contribution >= 0.6 is 22.5 Å². The molecular weight excluding hydrogens is 315 g/mol. The highest BCUT2D eigenvalue weighted by Gasteiger charge is 2.55. The molecule has 0 aromatic rings. The van der Waals surface area contributed by atoms with Crippen molar-refractivity contribution in [3.8, 4) is 0 Å². The molecule has 12 heteroatoms. The third kappa shape index (κ3) is 1.89. The SMILES string of the molecule is NP1(N)=NP(N2CC2)(N2CC2)=NP(N2CC2)(N2CC2)=N1. The quantitative estimate of drug-likeness (QED) is 0.587. The third-order valence-electron chi connectivity index (χ3n) is 3.98. The van der Waals surface area contributed by atoms with Crippen molar-refractivity contribution in [2.24, 2.45) is 24.6 Å². The Morgan fingerprint density at radius 2 is 0.900 bits per heavy atom. The predicted molar refractivity (Wildman–Crippen MR) is 82.7 cm³/mol. The average Bonchev–Trinajstić information content (AvgIpc) is 3.28. The first kappa shape index (κ1) is 12.9. The van der Waals surface area contributed by atoms with E-state index >= 15 is 0 Å². The molecule has 112 valence electrons. The molecule has 0 bridgehead atoms. The minimum atomic E-state index is -2.55. The Morgan fingerprint density at radius 3 is 1.25 bits per heavy atom. The summed E-state index contributed by atoms with van der Waals surface area (Å²) in [5, 5.41) is 0. The van der Waals surface area contributed by atoms with Gasteiger partial charge in [0, 0.05) is 52.4 Å². The van der Waals surface area contributed by atoms with E-state index in [1.165, 1.54) is 0 Å². The van der Waals surface area contributed by atoms with Gasteiger partial charge in [-0.15, -0.1) is 0 Å². The van der Waals surface area contributed by atoms with Crippen LogP contribution in [0.15, 0.2) is 13.5 Å². The Balaban J connectivity index is 1.77. The zero-order valence-corrected chi connectivity index (χ0v) is 14.0. The fraction of sp³-hybridized carbons (Fsp3) is 1.00. The molecule has 5 aliphatic rings. The standard InChI is InChI=1S/C8H20N9P3/c9-18(10)11-19(14-1-2-14,15-3-4-15)13-20(12-18,16-5-6-16)17-7-8-17/h1-10H2. The second-order valence-electron chi connectivity index (χ2n) is 5.86. The van der Waals surface area contributed by atoms with Gasteiger partial charge in [-0.25, -0.2) is 18.7 Å². The van der Waals surface area contributed by atoms with Crippen molar-refractivity contribution < 1.29 is 0 Å². The molecule has 4 N–H and O–H groups in total. The van der Waals surface area contributed by atoms with Crippen LogP contribution in [0, 0.1) is 0 Å². The van der Waals surface area contributed by atoms with Crippen molar-refractivity contribution in [2.45, 2.75) is 0 Å². The molecule has 5 rings (SSSR count). The van der Waals surface area contributed by atoms with E-state index in [4.69, 9.17) is 24.6 Å². The fourth-order valence-corrected chi connectivity index (χ4v) is 15.3. The summed E-state index contributed by atoms with van der Waals surface area (Å²) in [5.41, 5.74) is 12.7. The van der Waals surface area contributed by atoms with E-state index in [1.807, 2.05) is 0 Å². The average molecular weight is 335 g/mol. The Bertz CT molecular complexity index is 574. The van der Waals surface area contributed by atoms with Gasteiger partial charge in [0.05, 0.1) is 0 Å². The molecular formula is C8H20N9P3. The third-order valence-corrected chi connectivity index (χ3v) is 14.7. The van der Waals surface area contributed by atoms with E-state index in [9.17, 15) is 0 Å². The topological polar surface area (TPSA) is 101 Å².